The maximum Gasteiger partial charge on any atom is 0.288 e. The van der Waals surface area contributed by atoms with Crippen LogP contribution in [0.5, 0.6) is 0 Å². The molecule has 112 valence electrons. The molecule has 0 saturated carbocycles. The Bertz CT molecular complexity index is 812. The van der Waals surface area contributed by atoms with Gasteiger partial charge in [0.15, 0.2) is 0 Å². The van der Waals surface area contributed by atoms with Crippen molar-refractivity contribution in [3.05, 3.63) is 50.2 Å². The van der Waals surface area contributed by atoms with Gasteiger partial charge in [0.2, 0.25) is 0 Å². The molecular formula is C15H13ClN4O2. The van der Waals surface area contributed by atoms with Crippen molar-refractivity contribution in [1.82, 2.24) is 4.98 Å². The van der Waals surface area contributed by atoms with E-state index >= 15 is 0 Å². The minimum atomic E-state index is -0.555. The molecule has 1 aromatic heterocycles. The third-order valence-corrected chi connectivity index (χ3v) is 3.75. The second-order valence-corrected chi connectivity index (χ2v) is 5.11. The van der Waals surface area contributed by atoms with Crippen LogP contribution in [0.15, 0.2) is 18.2 Å². The fraction of sp³-hybridized carbons (Fsp3) is 0.200. The number of anilines is 1. The monoisotopic (exact) mass is 316 g/mol. The van der Waals surface area contributed by atoms with Gasteiger partial charge in [-0.2, -0.15) is 5.26 Å². The smallest absolute Gasteiger partial charge is 0.288 e. The molecule has 0 bridgehead atoms. The van der Waals surface area contributed by atoms with Gasteiger partial charge in [0.25, 0.3) is 5.69 Å². The van der Waals surface area contributed by atoms with Crippen LogP contribution in [0.2, 0.25) is 5.02 Å². The van der Waals surface area contributed by atoms with Crippen LogP contribution in [0.25, 0.3) is 11.1 Å². The van der Waals surface area contributed by atoms with E-state index in [9.17, 15) is 15.4 Å². The van der Waals surface area contributed by atoms with Gasteiger partial charge in [-0.05, 0) is 30.5 Å². The lowest BCUT2D eigenvalue weighted by Gasteiger charge is -2.14. The summed E-state index contributed by atoms with van der Waals surface area (Å²) in [5, 5.41) is 20.5. The van der Waals surface area contributed by atoms with Crippen molar-refractivity contribution in [2.75, 3.05) is 5.73 Å². The molecule has 0 aliphatic heterocycles. The van der Waals surface area contributed by atoms with Gasteiger partial charge < -0.3 is 5.73 Å². The zero-order valence-corrected chi connectivity index (χ0v) is 12.8. The summed E-state index contributed by atoms with van der Waals surface area (Å²) < 4.78 is 0. The summed E-state index contributed by atoms with van der Waals surface area (Å²) in [7, 11) is 0. The van der Waals surface area contributed by atoms with E-state index < -0.39 is 4.92 Å². The first-order valence-corrected chi connectivity index (χ1v) is 6.91. The standard InChI is InChI=1S/C15H13ClN4O2/c1-3-10-8(2)19-15(18)11(7-17)14(10)9-4-5-12(16)13(6-9)20(21)22/h4-6H,3H2,1-2H3,(H2,18,19). The molecule has 0 saturated heterocycles. The number of aromatic nitrogens is 1. The van der Waals surface area contributed by atoms with Crippen LogP contribution in [0, 0.1) is 28.4 Å². The van der Waals surface area contributed by atoms with E-state index in [1.165, 1.54) is 12.1 Å². The predicted octanol–water partition coefficient (Wildman–Crippen LogP) is 3.63. The number of halogens is 1. The average molecular weight is 317 g/mol. The molecule has 0 amide bonds. The molecule has 0 spiro atoms. The maximum absolute atomic E-state index is 11.1. The Morgan fingerprint density at radius 3 is 2.73 bits per heavy atom. The summed E-state index contributed by atoms with van der Waals surface area (Å²) in [5.41, 5.74) is 8.48. The Morgan fingerprint density at radius 2 is 2.18 bits per heavy atom. The molecule has 0 aliphatic carbocycles. The number of aryl methyl sites for hydroxylation is 1. The average Bonchev–Trinajstić information content (AvgIpc) is 2.47. The quantitative estimate of drug-likeness (QED) is 0.687. The van der Waals surface area contributed by atoms with Crippen molar-refractivity contribution < 1.29 is 4.92 Å². The van der Waals surface area contributed by atoms with Gasteiger partial charge in [-0.3, -0.25) is 10.1 Å². The molecule has 1 aromatic carbocycles. The van der Waals surface area contributed by atoms with Gasteiger partial charge in [-0.25, -0.2) is 4.98 Å². The first kappa shape index (κ1) is 15.7. The summed E-state index contributed by atoms with van der Waals surface area (Å²) in [6, 6.07) is 6.48. The molecule has 0 unspecified atom stereocenters. The van der Waals surface area contributed by atoms with Gasteiger partial charge >= 0.3 is 0 Å². The number of nitrogens with two attached hydrogens (primary N) is 1. The minimum Gasteiger partial charge on any atom is -0.383 e. The highest BCUT2D eigenvalue weighted by molar-refractivity contribution is 6.32. The normalized spacial score (nSPS) is 10.3. The van der Waals surface area contributed by atoms with Gasteiger partial charge in [0, 0.05) is 17.3 Å². The highest BCUT2D eigenvalue weighted by atomic mass is 35.5. The van der Waals surface area contributed by atoms with E-state index in [2.05, 4.69) is 4.98 Å². The lowest BCUT2D eigenvalue weighted by atomic mass is 9.92. The number of nitrogen functional groups attached to an aromatic ring is 1. The van der Waals surface area contributed by atoms with Gasteiger partial charge in [-0.1, -0.05) is 24.6 Å². The number of rotatable bonds is 3. The summed E-state index contributed by atoms with van der Waals surface area (Å²) in [6.45, 7) is 3.72. The Labute approximate surface area is 132 Å². The minimum absolute atomic E-state index is 0.0454. The Morgan fingerprint density at radius 1 is 1.50 bits per heavy atom. The van der Waals surface area contributed by atoms with E-state index in [-0.39, 0.29) is 22.1 Å². The molecule has 2 N–H and O–H groups in total. The summed E-state index contributed by atoms with van der Waals surface area (Å²) in [4.78, 5) is 14.7. The summed E-state index contributed by atoms with van der Waals surface area (Å²) in [6.07, 6.45) is 0.625. The topological polar surface area (TPSA) is 106 Å². The molecule has 6 nitrogen and oxygen atoms in total. The number of hydrogen-bond acceptors (Lipinski definition) is 5. The van der Waals surface area contributed by atoms with E-state index in [4.69, 9.17) is 17.3 Å². The highest BCUT2D eigenvalue weighted by Crippen LogP contribution is 2.36. The first-order valence-electron chi connectivity index (χ1n) is 6.54. The Balaban J connectivity index is 2.85. The third-order valence-electron chi connectivity index (χ3n) is 3.43. The highest BCUT2D eigenvalue weighted by Gasteiger charge is 2.20. The second kappa shape index (κ2) is 6.00. The molecule has 22 heavy (non-hydrogen) atoms. The number of nitrogens with zero attached hydrogens (tertiary/aromatic N) is 3. The second-order valence-electron chi connectivity index (χ2n) is 4.70. The van der Waals surface area contributed by atoms with Crippen molar-refractivity contribution in [3.8, 4) is 17.2 Å². The SMILES string of the molecule is CCc1c(C)nc(N)c(C#N)c1-c1ccc(Cl)c([N+](=O)[O-])c1. The van der Waals surface area contributed by atoms with Crippen LogP contribution >= 0.6 is 11.6 Å². The maximum atomic E-state index is 11.1. The largest absolute Gasteiger partial charge is 0.383 e. The zero-order valence-electron chi connectivity index (χ0n) is 12.1. The van der Waals surface area contributed by atoms with Crippen LogP contribution in [-0.2, 0) is 6.42 Å². The van der Waals surface area contributed by atoms with Crippen LogP contribution in [0.3, 0.4) is 0 Å². The van der Waals surface area contributed by atoms with Crippen molar-refractivity contribution in [1.29, 1.82) is 5.26 Å². The van der Waals surface area contributed by atoms with Gasteiger partial charge in [0.05, 0.1) is 4.92 Å². The Hall–Kier alpha value is -2.65. The van der Waals surface area contributed by atoms with Crippen LogP contribution < -0.4 is 5.73 Å². The van der Waals surface area contributed by atoms with Gasteiger partial charge in [0.1, 0.15) is 22.5 Å². The van der Waals surface area contributed by atoms with E-state index in [1.807, 2.05) is 13.0 Å². The Kier molecular flexibility index (Phi) is 4.29. The zero-order chi connectivity index (χ0) is 16.4. The molecule has 0 fully saturated rings. The van der Waals surface area contributed by atoms with Crippen LogP contribution in [-0.4, -0.2) is 9.91 Å². The number of pyridine rings is 1. The van der Waals surface area contributed by atoms with Crippen LogP contribution in [0.1, 0.15) is 23.7 Å². The summed E-state index contributed by atoms with van der Waals surface area (Å²) >= 11 is 5.84. The first-order chi connectivity index (χ1) is 10.4. The molecule has 2 rings (SSSR count). The van der Waals surface area contributed by atoms with Crippen molar-refractivity contribution in [2.24, 2.45) is 0 Å². The molecular weight excluding hydrogens is 304 g/mol. The fourth-order valence-electron chi connectivity index (χ4n) is 2.44. The van der Waals surface area contributed by atoms with E-state index in [0.29, 0.717) is 23.2 Å². The number of nitro groups is 1. The van der Waals surface area contributed by atoms with Crippen LogP contribution in [0.4, 0.5) is 11.5 Å². The number of hydrogen-bond donors (Lipinski definition) is 1. The molecule has 0 aliphatic rings. The molecule has 2 aromatic rings. The number of nitro benzene ring substituents is 1. The van der Waals surface area contributed by atoms with E-state index in [1.54, 1.807) is 13.0 Å². The van der Waals surface area contributed by atoms with Crippen molar-refractivity contribution in [2.45, 2.75) is 20.3 Å². The third kappa shape index (κ3) is 2.59. The summed E-state index contributed by atoms with van der Waals surface area (Å²) in [5.74, 6) is 0.116. The molecule has 0 radical (unpaired) electrons. The van der Waals surface area contributed by atoms with Crippen molar-refractivity contribution in [3.63, 3.8) is 0 Å². The fourth-order valence-corrected chi connectivity index (χ4v) is 2.62. The van der Waals surface area contributed by atoms with Crippen molar-refractivity contribution >= 4 is 23.1 Å². The van der Waals surface area contributed by atoms with E-state index in [0.717, 1.165) is 5.56 Å². The lowest BCUT2D eigenvalue weighted by molar-refractivity contribution is -0.384. The van der Waals surface area contributed by atoms with Gasteiger partial charge in [-0.15, -0.1) is 0 Å². The molecule has 1 heterocycles. The molecule has 0 atom stereocenters. The lowest BCUT2D eigenvalue weighted by Crippen LogP contribution is -2.05. The predicted molar refractivity (Wildman–Crippen MR) is 84.6 cm³/mol. The molecule has 7 heteroatoms. The number of nitriles is 1. The number of benzene rings is 1.